The van der Waals surface area contributed by atoms with Gasteiger partial charge in [0, 0.05) is 52.0 Å². The van der Waals surface area contributed by atoms with E-state index < -0.39 is 0 Å². The molecule has 2 N–H and O–H groups in total. The van der Waals surface area contributed by atoms with Crippen molar-refractivity contribution in [1.29, 1.82) is 0 Å². The maximum atomic E-state index is 12.1. The van der Waals surface area contributed by atoms with Crippen molar-refractivity contribution >= 4 is 17.8 Å². The monoisotopic (exact) mass is 429 g/mol. The number of amides is 2. The van der Waals surface area contributed by atoms with E-state index in [2.05, 4.69) is 19.9 Å². The van der Waals surface area contributed by atoms with Gasteiger partial charge in [0.25, 0.3) is 0 Å². The quantitative estimate of drug-likeness (QED) is 0.706. The van der Waals surface area contributed by atoms with E-state index in [4.69, 9.17) is 15.3 Å². The molecule has 0 bridgehead atoms. The minimum atomic E-state index is -0.00690. The first kappa shape index (κ1) is 21.0. The fourth-order valence-electron chi connectivity index (χ4n) is 3.33. The molecule has 2 aliphatic rings. The molecule has 0 atom stereocenters. The summed E-state index contributed by atoms with van der Waals surface area (Å²) < 4.78 is 5.44. The fraction of sp³-hybridized carbons (Fsp3) is 0.526. The summed E-state index contributed by atoms with van der Waals surface area (Å²) in [7, 11) is 3.49. The molecule has 0 aliphatic carbocycles. The number of carbonyl (C=O) groups is 1. The minimum Gasteiger partial charge on any atom is -0.384 e. The number of urea groups is 1. The zero-order chi connectivity index (χ0) is 21.8. The summed E-state index contributed by atoms with van der Waals surface area (Å²) in [6.07, 6.45) is 1.63. The molecule has 2 aromatic heterocycles. The van der Waals surface area contributed by atoms with Crippen LogP contribution >= 0.6 is 0 Å². The van der Waals surface area contributed by atoms with Crippen LogP contribution < -0.4 is 15.5 Å². The molecule has 12 heteroatoms. The molecule has 2 fully saturated rings. The highest BCUT2D eigenvalue weighted by atomic mass is 16.7. The van der Waals surface area contributed by atoms with Gasteiger partial charge in [-0.15, -0.1) is 5.06 Å². The molecule has 0 aromatic carbocycles. The van der Waals surface area contributed by atoms with Crippen LogP contribution in [0.1, 0.15) is 0 Å². The van der Waals surface area contributed by atoms with Gasteiger partial charge in [0.2, 0.25) is 5.95 Å². The van der Waals surface area contributed by atoms with Gasteiger partial charge in [-0.05, 0) is 12.1 Å². The molecule has 12 nitrogen and oxygen atoms in total. The standard InChI is InChI=1S/C19H27N9O3/c1-25(2)19(29)27-5-7-28(8-6-27)31-18-23-16(14-3-4-15(20)21-13-14)22-17(24-18)26-9-11-30-12-10-26/h3-4,13H,5-12H2,1-2H3,(H2,20,21). The Labute approximate surface area is 180 Å². The molecule has 0 saturated carbocycles. The van der Waals surface area contributed by atoms with Gasteiger partial charge in [0.1, 0.15) is 5.82 Å². The van der Waals surface area contributed by atoms with E-state index in [-0.39, 0.29) is 12.0 Å². The number of rotatable bonds is 4. The second-order valence-corrected chi connectivity index (χ2v) is 7.50. The van der Waals surface area contributed by atoms with Crippen molar-refractivity contribution in [2.45, 2.75) is 0 Å². The van der Waals surface area contributed by atoms with Crippen molar-refractivity contribution in [2.24, 2.45) is 0 Å². The van der Waals surface area contributed by atoms with Crippen molar-refractivity contribution in [3.8, 4) is 17.4 Å². The smallest absolute Gasteiger partial charge is 0.341 e. The molecular weight excluding hydrogens is 402 g/mol. The van der Waals surface area contributed by atoms with Crippen LogP contribution in [0.3, 0.4) is 0 Å². The second-order valence-electron chi connectivity index (χ2n) is 7.50. The molecule has 0 spiro atoms. The first-order valence-electron chi connectivity index (χ1n) is 10.2. The number of morpholine rings is 1. The maximum Gasteiger partial charge on any atom is 0.341 e. The number of hydroxylamine groups is 2. The average molecular weight is 429 g/mol. The van der Waals surface area contributed by atoms with Crippen LogP contribution in [0.15, 0.2) is 18.3 Å². The lowest BCUT2D eigenvalue weighted by Crippen LogP contribution is -2.52. The zero-order valence-corrected chi connectivity index (χ0v) is 17.8. The number of hydrogen-bond donors (Lipinski definition) is 1. The average Bonchev–Trinajstić information content (AvgIpc) is 2.80. The number of anilines is 2. The Hall–Kier alpha value is -3.25. The Balaban J connectivity index is 1.53. The van der Waals surface area contributed by atoms with Crippen LogP contribution in [0.2, 0.25) is 0 Å². The van der Waals surface area contributed by atoms with E-state index in [0.29, 0.717) is 70.1 Å². The summed E-state index contributed by atoms with van der Waals surface area (Å²) >= 11 is 0. The highest BCUT2D eigenvalue weighted by molar-refractivity contribution is 5.73. The largest absolute Gasteiger partial charge is 0.384 e. The van der Waals surface area contributed by atoms with Gasteiger partial charge in [-0.25, -0.2) is 9.78 Å². The van der Waals surface area contributed by atoms with Gasteiger partial charge in [-0.3, -0.25) is 0 Å². The van der Waals surface area contributed by atoms with Gasteiger partial charge < -0.3 is 30.0 Å². The second kappa shape index (κ2) is 9.27. The van der Waals surface area contributed by atoms with E-state index in [1.165, 1.54) is 0 Å². The number of hydrogen-bond acceptors (Lipinski definition) is 10. The number of pyridine rings is 1. The van der Waals surface area contributed by atoms with Crippen molar-refractivity contribution in [2.75, 3.05) is 77.2 Å². The third-order valence-electron chi connectivity index (χ3n) is 5.04. The van der Waals surface area contributed by atoms with Crippen molar-refractivity contribution < 1.29 is 14.4 Å². The number of nitrogen functional groups attached to an aromatic ring is 1. The van der Waals surface area contributed by atoms with Crippen LogP contribution in [0.25, 0.3) is 11.4 Å². The molecule has 4 heterocycles. The molecule has 4 rings (SSSR count). The van der Waals surface area contributed by atoms with Crippen molar-refractivity contribution in [3.63, 3.8) is 0 Å². The van der Waals surface area contributed by atoms with Gasteiger partial charge in [-0.2, -0.15) is 15.0 Å². The maximum absolute atomic E-state index is 12.1. The lowest BCUT2D eigenvalue weighted by molar-refractivity contribution is -0.0900. The first-order chi connectivity index (χ1) is 15.0. The highest BCUT2D eigenvalue weighted by Gasteiger charge is 2.25. The van der Waals surface area contributed by atoms with Crippen LogP contribution in [0.5, 0.6) is 6.01 Å². The summed E-state index contributed by atoms with van der Waals surface area (Å²) in [6, 6.07) is 3.72. The predicted molar refractivity (Wildman–Crippen MR) is 113 cm³/mol. The van der Waals surface area contributed by atoms with Crippen molar-refractivity contribution in [3.05, 3.63) is 18.3 Å². The normalized spacial score (nSPS) is 17.5. The molecule has 31 heavy (non-hydrogen) atoms. The Morgan fingerprint density at radius 1 is 1.06 bits per heavy atom. The van der Waals surface area contributed by atoms with Gasteiger partial charge >= 0.3 is 12.0 Å². The molecule has 2 amide bonds. The number of ether oxygens (including phenoxy) is 1. The molecule has 166 valence electrons. The first-order valence-corrected chi connectivity index (χ1v) is 10.2. The van der Waals surface area contributed by atoms with Gasteiger partial charge in [0.15, 0.2) is 5.82 Å². The van der Waals surface area contributed by atoms with Crippen molar-refractivity contribution in [1.82, 2.24) is 34.8 Å². The van der Waals surface area contributed by atoms with Crippen LogP contribution in [0.4, 0.5) is 16.6 Å². The van der Waals surface area contributed by atoms with Gasteiger partial charge in [-0.1, -0.05) is 0 Å². The molecular formula is C19H27N9O3. The minimum absolute atomic E-state index is 0.00690. The van der Waals surface area contributed by atoms with Crippen LogP contribution in [0, 0.1) is 0 Å². The lowest BCUT2D eigenvalue weighted by Gasteiger charge is -2.34. The van der Waals surface area contributed by atoms with Crippen LogP contribution in [-0.4, -0.2) is 107 Å². The van der Waals surface area contributed by atoms with Crippen LogP contribution in [-0.2, 0) is 4.74 Å². The third kappa shape index (κ3) is 5.09. The molecule has 0 unspecified atom stereocenters. The molecule has 2 aliphatic heterocycles. The Bertz CT molecular complexity index is 895. The Morgan fingerprint density at radius 3 is 2.45 bits per heavy atom. The number of nitrogens with zero attached hydrogens (tertiary/aromatic N) is 8. The topological polar surface area (TPSA) is 126 Å². The van der Waals surface area contributed by atoms with E-state index >= 15 is 0 Å². The number of nitrogens with two attached hydrogens (primary N) is 1. The van der Waals surface area contributed by atoms with E-state index in [0.717, 1.165) is 5.56 Å². The summed E-state index contributed by atoms with van der Waals surface area (Å²) in [6.45, 7) is 4.83. The van der Waals surface area contributed by atoms with E-state index in [1.807, 2.05) is 11.0 Å². The molecule has 0 radical (unpaired) electrons. The zero-order valence-electron chi connectivity index (χ0n) is 17.8. The number of piperazine rings is 1. The fourth-order valence-corrected chi connectivity index (χ4v) is 3.33. The predicted octanol–water partition coefficient (Wildman–Crippen LogP) is -0.0546. The number of carbonyl (C=O) groups excluding carboxylic acids is 1. The Kier molecular flexibility index (Phi) is 6.28. The lowest BCUT2D eigenvalue weighted by atomic mass is 10.2. The van der Waals surface area contributed by atoms with Gasteiger partial charge in [0.05, 0.1) is 26.3 Å². The summed E-state index contributed by atoms with van der Waals surface area (Å²) in [5, 5.41) is 1.77. The third-order valence-corrected chi connectivity index (χ3v) is 5.04. The Morgan fingerprint density at radius 2 is 1.81 bits per heavy atom. The highest BCUT2D eigenvalue weighted by Crippen LogP contribution is 2.22. The number of aromatic nitrogens is 4. The molecule has 2 aromatic rings. The molecule has 2 saturated heterocycles. The summed E-state index contributed by atoms with van der Waals surface area (Å²) in [5.41, 5.74) is 6.43. The van der Waals surface area contributed by atoms with E-state index in [1.54, 1.807) is 41.2 Å². The van der Waals surface area contributed by atoms with E-state index in [9.17, 15) is 4.79 Å². The summed E-state index contributed by atoms with van der Waals surface area (Å²) in [5.74, 6) is 1.41. The SMILES string of the molecule is CN(C)C(=O)N1CCN(Oc2nc(-c3ccc(N)nc3)nc(N3CCOCC3)n2)CC1. The summed E-state index contributed by atoms with van der Waals surface area (Å²) in [4.78, 5) is 41.3.